The van der Waals surface area contributed by atoms with Gasteiger partial charge in [-0.15, -0.1) is 0 Å². The van der Waals surface area contributed by atoms with E-state index in [-0.39, 0.29) is 4.90 Å². The van der Waals surface area contributed by atoms with Crippen LogP contribution in [0.5, 0.6) is 5.75 Å². The summed E-state index contributed by atoms with van der Waals surface area (Å²) in [5, 5.41) is 4.78. The van der Waals surface area contributed by atoms with Crippen LogP contribution >= 0.6 is 0 Å². The van der Waals surface area contributed by atoms with Gasteiger partial charge in [0.05, 0.1) is 16.6 Å². The lowest BCUT2D eigenvalue weighted by Gasteiger charge is -2.11. The first-order valence-corrected chi connectivity index (χ1v) is 8.98. The SMILES string of the molecule is CN(C)CCOc1ccc2c(cnn2S(=O)(=O)c2ccccc2)c1. The second-order valence-electron chi connectivity index (χ2n) is 5.68. The monoisotopic (exact) mass is 345 g/mol. The van der Waals surface area contributed by atoms with Gasteiger partial charge in [-0.1, -0.05) is 18.2 Å². The van der Waals surface area contributed by atoms with Gasteiger partial charge in [0.1, 0.15) is 12.4 Å². The van der Waals surface area contributed by atoms with Gasteiger partial charge in [-0.2, -0.15) is 17.6 Å². The quantitative estimate of drug-likeness (QED) is 0.685. The standard InChI is InChI=1S/C17H19N3O3S/c1-19(2)10-11-23-15-8-9-17-14(12-15)13-18-20(17)24(21,22)16-6-4-3-5-7-16/h3-9,12-13H,10-11H2,1-2H3. The number of aromatic nitrogens is 2. The Balaban J connectivity index is 1.92. The van der Waals surface area contributed by atoms with Crippen molar-refractivity contribution in [2.75, 3.05) is 27.2 Å². The predicted octanol–water partition coefficient (Wildman–Crippen LogP) is 2.21. The second kappa shape index (κ2) is 6.62. The summed E-state index contributed by atoms with van der Waals surface area (Å²) in [6.45, 7) is 1.37. The molecule has 6 nitrogen and oxygen atoms in total. The average Bonchev–Trinajstić information content (AvgIpc) is 2.99. The van der Waals surface area contributed by atoms with Crippen LogP contribution in [0.25, 0.3) is 10.9 Å². The highest BCUT2D eigenvalue weighted by atomic mass is 32.2. The molecular weight excluding hydrogens is 326 g/mol. The number of rotatable bonds is 6. The van der Waals surface area contributed by atoms with Gasteiger partial charge < -0.3 is 9.64 Å². The van der Waals surface area contributed by atoms with Crippen LogP contribution in [0.2, 0.25) is 0 Å². The van der Waals surface area contributed by atoms with Gasteiger partial charge in [-0.05, 0) is 44.4 Å². The van der Waals surface area contributed by atoms with Crippen LogP contribution in [-0.4, -0.2) is 49.8 Å². The van der Waals surface area contributed by atoms with E-state index in [1.54, 1.807) is 48.5 Å². The van der Waals surface area contributed by atoms with E-state index >= 15 is 0 Å². The molecule has 126 valence electrons. The van der Waals surface area contributed by atoms with Crippen molar-refractivity contribution in [3.8, 4) is 5.75 Å². The van der Waals surface area contributed by atoms with Gasteiger partial charge in [0.15, 0.2) is 0 Å². The molecule has 0 atom stereocenters. The lowest BCUT2D eigenvalue weighted by Crippen LogP contribution is -2.19. The van der Waals surface area contributed by atoms with Crippen LogP contribution in [0.4, 0.5) is 0 Å². The second-order valence-corrected chi connectivity index (χ2v) is 7.45. The molecule has 0 aliphatic heterocycles. The molecule has 7 heteroatoms. The third-order valence-corrected chi connectivity index (χ3v) is 5.20. The molecule has 2 aromatic carbocycles. The molecular formula is C17H19N3O3S. The zero-order chi connectivity index (χ0) is 17.2. The maximum Gasteiger partial charge on any atom is 0.283 e. The van der Waals surface area contributed by atoms with Crippen molar-refractivity contribution in [2.45, 2.75) is 4.90 Å². The lowest BCUT2D eigenvalue weighted by molar-refractivity contribution is 0.261. The van der Waals surface area contributed by atoms with E-state index in [9.17, 15) is 8.42 Å². The average molecular weight is 345 g/mol. The van der Waals surface area contributed by atoms with E-state index in [0.29, 0.717) is 17.9 Å². The fourth-order valence-electron chi connectivity index (χ4n) is 2.31. The number of fused-ring (bicyclic) bond motifs is 1. The van der Waals surface area contributed by atoms with Gasteiger partial charge in [-0.25, -0.2) is 0 Å². The Labute approximate surface area is 141 Å². The van der Waals surface area contributed by atoms with Crippen molar-refractivity contribution in [1.82, 2.24) is 14.1 Å². The third kappa shape index (κ3) is 3.27. The van der Waals surface area contributed by atoms with E-state index in [2.05, 4.69) is 5.10 Å². The van der Waals surface area contributed by atoms with Crippen LogP contribution in [0.1, 0.15) is 0 Å². The van der Waals surface area contributed by atoms with Gasteiger partial charge in [0, 0.05) is 11.9 Å². The number of ether oxygens (including phenoxy) is 1. The minimum Gasteiger partial charge on any atom is -0.492 e. The summed E-state index contributed by atoms with van der Waals surface area (Å²) in [5.41, 5.74) is 0.527. The summed E-state index contributed by atoms with van der Waals surface area (Å²) in [4.78, 5) is 2.24. The zero-order valence-electron chi connectivity index (χ0n) is 13.6. The molecule has 1 aromatic heterocycles. The highest BCUT2D eigenvalue weighted by Crippen LogP contribution is 2.24. The van der Waals surface area contributed by atoms with Gasteiger partial charge in [0.25, 0.3) is 10.0 Å². The Morgan fingerprint density at radius 2 is 1.88 bits per heavy atom. The number of hydrogen-bond acceptors (Lipinski definition) is 5. The van der Waals surface area contributed by atoms with E-state index in [4.69, 9.17) is 4.74 Å². The molecule has 0 radical (unpaired) electrons. The Kier molecular flexibility index (Phi) is 4.55. The topological polar surface area (TPSA) is 64.4 Å². The Morgan fingerprint density at radius 1 is 1.12 bits per heavy atom. The molecule has 24 heavy (non-hydrogen) atoms. The molecule has 1 heterocycles. The summed E-state index contributed by atoms with van der Waals surface area (Å²) in [6.07, 6.45) is 1.54. The Morgan fingerprint density at radius 3 is 2.58 bits per heavy atom. The number of hydrogen-bond donors (Lipinski definition) is 0. The van der Waals surface area contributed by atoms with Crippen LogP contribution in [0.3, 0.4) is 0 Å². The molecule has 0 aliphatic rings. The first-order chi connectivity index (χ1) is 11.5. The van der Waals surface area contributed by atoms with E-state index in [1.807, 2.05) is 19.0 Å². The first kappa shape index (κ1) is 16.5. The minimum absolute atomic E-state index is 0.210. The lowest BCUT2D eigenvalue weighted by atomic mass is 10.2. The summed E-state index contributed by atoms with van der Waals surface area (Å²) >= 11 is 0. The van der Waals surface area contributed by atoms with Crippen molar-refractivity contribution in [1.29, 1.82) is 0 Å². The molecule has 0 amide bonds. The van der Waals surface area contributed by atoms with Crippen LogP contribution in [0.15, 0.2) is 59.6 Å². The molecule has 0 spiro atoms. The molecule has 0 bridgehead atoms. The maximum atomic E-state index is 12.7. The van der Waals surface area contributed by atoms with E-state index < -0.39 is 10.0 Å². The molecule has 3 rings (SSSR count). The summed E-state index contributed by atoms with van der Waals surface area (Å²) in [5.74, 6) is 0.695. The zero-order valence-corrected chi connectivity index (χ0v) is 14.4. The number of likely N-dealkylation sites (N-methyl/N-ethyl adjacent to an activating group) is 1. The third-order valence-electron chi connectivity index (χ3n) is 3.58. The Bertz CT molecular complexity index is 934. The molecule has 0 N–H and O–H groups in total. The van der Waals surface area contributed by atoms with Gasteiger partial charge in [-0.3, -0.25) is 0 Å². The van der Waals surface area contributed by atoms with Crippen molar-refractivity contribution in [3.05, 3.63) is 54.7 Å². The summed E-state index contributed by atoms with van der Waals surface area (Å²) in [7, 11) is 0.249. The molecule has 0 fully saturated rings. The fraction of sp³-hybridized carbons (Fsp3) is 0.235. The molecule has 0 unspecified atom stereocenters. The largest absolute Gasteiger partial charge is 0.492 e. The van der Waals surface area contributed by atoms with Gasteiger partial charge >= 0.3 is 0 Å². The van der Waals surface area contributed by atoms with E-state index in [1.165, 1.54) is 6.20 Å². The maximum absolute atomic E-state index is 12.7. The van der Waals surface area contributed by atoms with Crippen molar-refractivity contribution in [3.63, 3.8) is 0 Å². The fourth-order valence-corrected chi connectivity index (χ4v) is 3.60. The van der Waals surface area contributed by atoms with Crippen molar-refractivity contribution >= 4 is 20.9 Å². The van der Waals surface area contributed by atoms with Crippen LogP contribution in [-0.2, 0) is 10.0 Å². The van der Waals surface area contributed by atoms with Crippen molar-refractivity contribution < 1.29 is 13.2 Å². The summed E-state index contributed by atoms with van der Waals surface area (Å²) < 4.78 is 32.1. The predicted molar refractivity (Wildman–Crippen MR) is 92.8 cm³/mol. The summed E-state index contributed by atoms with van der Waals surface area (Å²) in [6, 6.07) is 13.5. The van der Waals surface area contributed by atoms with E-state index in [0.717, 1.165) is 16.0 Å². The van der Waals surface area contributed by atoms with Crippen molar-refractivity contribution in [2.24, 2.45) is 0 Å². The Hall–Kier alpha value is -2.38. The molecule has 3 aromatic rings. The highest BCUT2D eigenvalue weighted by Gasteiger charge is 2.20. The molecule has 0 saturated carbocycles. The minimum atomic E-state index is -3.71. The highest BCUT2D eigenvalue weighted by molar-refractivity contribution is 7.90. The van der Waals surface area contributed by atoms with Crippen LogP contribution < -0.4 is 4.74 Å². The first-order valence-electron chi connectivity index (χ1n) is 7.54. The normalized spacial score (nSPS) is 12.0. The number of benzene rings is 2. The molecule has 0 aliphatic carbocycles. The van der Waals surface area contributed by atoms with Gasteiger partial charge in [0.2, 0.25) is 0 Å². The molecule has 0 saturated heterocycles. The number of nitrogens with zero attached hydrogens (tertiary/aromatic N) is 3. The van der Waals surface area contributed by atoms with Crippen LogP contribution in [0, 0.1) is 0 Å². The smallest absolute Gasteiger partial charge is 0.283 e.